The summed E-state index contributed by atoms with van der Waals surface area (Å²) in [5.41, 5.74) is 0.751. The lowest BCUT2D eigenvalue weighted by atomic mass is 9.99. The number of nitriles is 2. The van der Waals surface area contributed by atoms with Crippen molar-refractivity contribution in [2.75, 3.05) is 6.61 Å². The van der Waals surface area contributed by atoms with Crippen molar-refractivity contribution in [1.29, 1.82) is 10.5 Å². The molecule has 3 heteroatoms. The minimum absolute atomic E-state index is 0.345. The van der Waals surface area contributed by atoms with Crippen LogP contribution in [0.1, 0.15) is 56.6 Å². The Bertz CT molecular complexity index is 738. The van der Waals surface area contributed by atoms with Crippen LogP contribution in [0.4, 0.5) is 0 Å². The quantitative estimate of drug-likeness (QED) is 0.620. The number of fused-ring (bicyclic) bond motifs is 1. The highest BCUT2D eigenvalue weighted by Crippen LogP contribution is 2.30. The fourth-order valence-electron chi connectivity index (χ4n) is 2.73. The molecular formula is C20H22N2O. The van der Waals surface area contributed by atoms with Crippen LogP contribution in [0.5, 0.6) is 5.75 Å². The molecule has 0 N–H and O–H groups in total. The van der Waals surface area contributed by atoms with Gasteiger partial charge in [-0.05, 0) is 17.9 Å². The molecule has 0 aromatic heterocycles. The summed E-state index contributed by atoms with van der Waals surface area (Å²) >= 11 is 0. The van der Waals surface area contributed by atoms with Crippen molar-refractivity contribution in [3.05, 3.63) is 41.5 Å². The Labute approximate surface area is 138 Å². The molecule has 0 aliphatic carbocycles. The standard InChI is InChI=1S/C20H22N2O/c1-2-3-4-5-6-9-12-23-20-13-16-10-7-8-11-17(16)18(14-21)19(20)15-22/h7-8,10-11,13H,2-6,9,12H2,1H3. The summed E-state index contributed by atoms with van der Waals surface area (Å²) in [6.45, 7) is 2.79. The van der Waals surface area contributed by atoms with E-state index in [9.17, 15) is 10.5 Å². The van der Waals surface area contributed by atoms with Crippen molar-refractivity contribution in [3.63, 3.8) is 0 Å². The molecule has 0 atom stereocenters. The van der Waals surface area contributed by atoms with Gasteiger partial charge < -0.3 is 4.74 Å². The van der Waals surface area contributed by atoms with E-state index in [1.165, 1.54) is 25.7 Å². The Balaban J connectivity index is 2.09. The first-order valence-corrected chi connectivity index (χ1v) is 8.30. The van der Waals surface area contributed by atoms with Crippen LogP contribution in [-0.4, -0.2) is 6.61 Å². The topological polar surface area (TPSA) is 56.8 Å². The van der Waals surface area contributed by atoms with Gasteiger partial charge in [0.15, 0.2) is 0 Å². The highest BCUT2D eigenvalue weighted by atomic mass is 16.5. The number of ether oxygens (including phenoxy) is 1. The van der Waals surface area contributed by atoms with Gasteiger partial charge in [0.25, 0.3) is 0 Å². The maximum Gasteiger partial charge on any atom is 0.139 e. The Hall–Kier alpha value is -2.52. The van der Waals surface area contributed by atoms with Gasteiger partial charge in [0.1, 0.15) is 23.5 Å². The lowest BCUT2D eigenvalue weighted by molar-refractivity contribution is 0.304. The van der Waals surface area contributed by atoms with E-state index in [0.29, 0.717) is 23.5 Å². The fourth-order valence-corrected chi connectivity index (χ4v) is 2.73. The maximum atomic E-state index is 9.41. The lowest BCUT2D eigenvalue weighted by Crippen LogP contribution is -2.01. The molecule has 0 saturated heterocycles. The van der Waals surface area contributed by atoms with Crippen LogP contribution in [0.2, 0.25) is 0 Å². The molecule has 0 amide bonds. The second-order valence-corrected chi connectivity index (χ2v) is 5.69. The molecule has 0 aliphatic heterocycles. The third kappa shape index (κ3) is 4.24. The van der Waals surface area contributed by atoms with E-state index < -0.39 is 0 Å². The molecule has 0 bridgehead atoms. The molecular weight excluding hydrogens is 284 g/mol. The van der Waals surface area contributed by atoms with Gasteiger partial charge in [-0.25, -0.2) is 0 Å². The second kappa shape index (κ2) is 8.81. The van der Waals surface area contributed by atoms with E-state index in [2.05, 4.69) is 19.1 Å². The van der Waals surface area contributed by atoms with Crippen LogP contribution < -0.4 is 4.74 Å². The molecule has 3 nitrogen and oxygen atoms in total. The normalized spacial score (nSPS) is 10.2. The Morgan fingerprint density at radius 1 is 0.913 bits per heavy atom. The SMILES string of the molecule is CCCCCCCCOc1cc2ccccc2c(C#N)c1C#N. The van der Waals surface area contributed by atoms with E-state index in [0.717, 1.165) is 23.6 Å². The van der Waals surface area contributed by atoms with Gasteiger partial charge in [-0.1, -0.05) is 63.3 Å². The first-order chi connectivity index (χ1) is 11.3. The number of hydrogen-bond acceptors (Lipinski definition) is 3. The van der Waals surface area contributed by atoms with Crippen LogP contribution in [0.3, 0.4) is 0 Å². The van der Waals surface area contributed by atoms with E-state index in [4.69, 9.17) is 4.74 Å². The van der Waals surface area contributed by atoms with E-state index in [1.54, 1.807) is 0 Å². The van der Waals surface area contributed by atoms with Crippen LogP contribution in [0.15, 0.2) is 30.3 Å². The van der Waals surface area contributed by atoms with Gasteiger partial charge in [0, 0.05) is 5.39 Å². The zero-order valence-electron chi connectivity index (χ0n) is 13.6. The first-order valence-electron chi connectivity index (χ1n) is 8.30. The third-order valence-corrected chi connectivity index (χ3v) is 3.99. The molecule has 2 rings (SSSR count). The Morgan fingerprint density at radius 3 is 2.35 bits per heavy atom. The molecule has 2 aromatic rings. The molecule has 0 spiro atoms. The summed E-state index contributed by atoms with van der Waals surface area (Å²) < 4.78 is 5.81. The fraction of sp³-hybridized carbons (Fsp3) is 0.400. The van der Waals surface area contributed by atoms with Gasteiger partial charge in [-0.15, -0.1) is 0 Å². The molecule has 0 aliphatic rings. The summed E-state index contributed by atoms with van der Waals surface area (Å²) in [6.07, 6.45) is 7.15. The van der Waals surface area contributed by atoms with Crippen molar-refractivity contribution in [1.82, 2.24) is 0 Å². The Kier molecular flexibility index (Phi) is 6.45. The minimum Gasteiger partial charge on any atom is -0.492 e. The Morgan fingerprint density at radius 2 is 1.61 bits per heavy atom. The molecule has 0 heterocycles. The molecule has 0 saturated carbocycles. The van der Waals surface area contributed by atoms with Crippen LogP contribution >= 0.6 is 0 Å². The second-order valence-electron chi connectivity index (χ2n) is 5.69. The average Bonchev–Trinajstić information content (AvgIpc) is 2.59. The largest absolute Gasteiger partial charge is 0.492 e. The molecule has 2 aromatic carbocycles. The smallest absolute Gasteiger partial charge is 0.139 e. The van der Waals surface area contributed by atoms with Crippen LogP contribution in [0, 0.1) is 22.7 Å². The molecule has 0 unspecified atom stereocenters. The maximum absolute atomic E-state index is 9.41. The number of hydrogen-bond donors (Lipinski definition) is 0. The number of benzene rings is 2. The van der Waals surface area contributed by atoms with Gasteiger partial charge in [-0.2, -0.15) is 10.5 Å². The summed E-state index contributed by atoms with van der Waals surface area (Å²) in [5.74, 6) is 0.524. The average molecular weight is 306 g/mol. The van der Waals surface area contributed by atoms with Crippen molar-refractivity contribution in [2.24, 2.45) is 0 Å². The van der Waals surface area contributed by atoms with Gasteiger partial charge >= 0.3 is 0 Å². The zero-order chi connectivity index (χ0) is 16.5. The summed E-state index contributed by atoms with van der Waals surface area (Å²) in [5, 5.41) is 20.6. The number of rotatable bonds is 8. The predicted molar refractivity (Wildman–Crippen MR) is 92.2 cm³/mol. The lowest BCUT2D eigenvalue weighted by Gasteiger charge is -2.11. The van der Waals surface area contributed by atoms with Crippen molar-refractivity contribution >= 4 is 10.8 Å². The van der Waals surface area contributed by atoms with Crippen molar-refractivity contribution in [2.45, 2.75) is 45.4 Å². The van der Waals surface area contributed by atoms with Crippen LogP contribution in [-0.2, 0) is 0 Å². The highest BCUT2D eigenvalue weighted by molar-refractivity contribution is 5.92. The zero-order valence-corrected chi connectivity index (χ0v) is 13.6. The van der Waals surface area contributed by atoms with E-state index >= 15 is 0 Å². The van der Waals surface area contributed by atoms with E-state index in [1.807, 2.05) is 30.3 Å². The monoisotopic (exact) mass is 306 g/mol. The van der Waals surface area contributed by atoms with E-state index in [-0.39, 0.29) is 0 Å². The number of nitrogens with zero attached hydrogens (tertiary/aromatic N) is 2. The van der Waals surface area contributed by atoms with Crippen molar-refractivity contribution in [3.8, 4) is 17.9 Å². The van der Waals surface area contributed by atoms with Crippen molar-refractivity contribution < 1.29 is 4.74 Å². The van der Waals surface area contributed by atoms with Crippen LogP contribution in [0.25, 0.3) is 10.8 Å². The van der Waals surface area contributed by atoms with Gasteiger partial charge in [0.2, 0.25) is 0 Å². The first kappa shape index (κ1) is 16.8. The molecule has 118 valence electrons. The van der Waals surface area contributed by atoms with Gasteiger partial charge in [-0.3, -0.25) is 0 Å². The summed E-state index contributed by atoms with van der Waals surface area (Å²) in [7, 11) is 0. The minimum atomic E-state index is 0.345. The predicted octanol–water partition coefficient (Wildman–Crippen LogP) is 5.32. The molecule has 0 radical (unpaired) electrons. The summed E-state index contributed by atoms with van der Waals surface area (Å²) in [4.78, 5) is 0. The molecule has 0 fully saturated rings. The third-order valence-electron chi connectivity index (χ3n) is 3.99. The molecule has 23 heavy (non-hydrogen) atoms. The summed E-state index contributed by atoms with van der Waals surface area (Å²) in [6, 6.07) is 13.8. The van der Waals surface area contributed by atoms with Gasteiger partial charge in [0.05, 0.1) is 12.2 Å². The number of unbranched alkanes of at least 4 members (excludes halogenated alkanes) is 5. The highest BCUT2D eigenvalue weighted by Gasteiger charge is 2.14.